The summed E-state index contributed by atoms with van der Waals surface area (Å²) < 4.78 is 0. The molecule has 0 aliphatic carbocycles. The maximum Gasteiger partial charge on any atom is 0.128 e. The maximum absolute atomic E-state index is 5.59. The van der Waals surface area contributed by atoms with Gasteiger partial charge in [0.2, 0.25) is 0 Å². The average molecular weight is 157 g/mol. The zero-order chi connectivity index (χ0) is 7.40. The predicted molar refractivity (Wildman–Crippen MR) is 41.0 cm³/mol. The third-order valence-electron chi connectivity index (χ3n) is 1.15. The van der Waals surface area contributed by atoms with Gasteiger partial charge in [-0.1, -0.05) is 18.5 Å². The summed E-state index contributed by atoms with van der Waals surface area (Å²) in [6.45, 7) is 2.10. The van der Waals surface area contributed by atoms with Crippen molar-refractivity contribution in [1.82, 2.24) is 9.97 Å². The van der Waals surface area contributed by atoms with Crippen molar-refractivity contribution in [2.75, 3.05) is 0 Å². The van der Waals surface area contributed by atoms with Gasteiger partial charge in [-0.3, -0.25) is 0 Å². The summed E-state index contributed by atoms with van der Waals surface area (Å²) in [5.74, 6) is 0.868. The Labute approximate surface area is 65.3 Å². The number of hydrogen-bond donors (Lipinski definition) is 0. The van der Waals surface area contributed by atoms with Crippen molar-refractivity contribution >= 4 is 11.6 Å². The standard InChI is InChI=1S/C7H9ClN2/c1-2-3-7-9-4-6(8)5-10-7/h4-5H,2-3H2,1H3. The first-order valence-electron chi connectivity index (χ1n) is 3.29. The molecule has 10 heavy (non-hydrogen) atoms. The number of halogens is 1. The van der Waals surface area contributed by atoms with Crippen LogP contribution >= 0.6 is 11.6 Å². The molecule has 0 N–H and O–H groups in total. The van der Waals surface area contributed by atoms with Crippen molar-refractivity contribution < 1.29 is 0 Å². The molecule has 0 aliphatic heterocycles. The lowest BCUT2D eigenvalue weighted by molar-refractivity contribution is 0.834. The number of nitrogens with zero attached hydrogens (tertiary/aromatic N) is 2. The first-order chi connectivity index (χ1) is 4.83. The van der Waals surface area contributed by atoms with E-state index in [1.807, 2.05) is 0 Å². The summed E-state index contributed by atoms with van der Waals surface area (Å²) in [6, 6.07) is 0. The minimum atomic E-state index is 0.597. The van der Waals surface area contributed by atoms with Gasteiger partial charge in [0.1, 0.15) is 5.82 Å². The third-order valence-corrected chi connectivity index (χ3v) is 1.34. The molecule has 1 rings (SSSR count). The molecule has 1 aromatic rings. The van der Waals surface area contributed by atoms with Crippen LogP contribution in [0.5, 0.6) is 0 Å². The zero-order valence-corrected chi connectivity index (χ0v) is 6.60. The van der Waals surface area contributed by atoms with E-state index >= 15 is 0 Å². The van der Waals surface area contributed by atoms with Gasteiger partial charge in [0, 0.05) is 18.8 Å². The summed E-state index contributed by atoms with van der Waals surface area (Å²) in [7, 11) is 0. The lowest BCUT2D eigenvalue weighted by Crippen LogP contribution is -1.91. The molecule has 0 fully saturated rings. The molecule has 0 atom stereocenters. The lowest BCUT2D eigenvalue weighted by Gasteiger charge is -1.94. The highest BCUT2D eigenvalue weighted by molar-refractivity contribution is 6.30. The molecule has 0 aliphatic rings. The largest absolute Gasteiger partial charge is 0.240 e. The Morgan fingerprint density at radius 3 is 2.50 bits per heavy atom. The summed E-state index contributed by atoms with van der Waals surface area (Å²) in [5, 5.41) is 0.597. The quantitative estimate of drug-likeness (QED) is 0.655. The van der Waals surface area contributed by atoms with E-state index in [9.17, 15) is 0 Å². The van der Waals surface area contributed by atoms with Crippen LogP contribution in [0.1, 0.15) is 19.2 Å². The molecule has 0 spiro atoms. The van der Waals surface area contributed by atoms with Gasteiger partial charge in [0.25, 0.3) is 0 Å². The topological polar surface area (TPSA) is 25.8 Å². The van der Waals surface area contributed by atoms with Gasteiger partial charge in [-0.2, -0.15) is 0 Å². The highest BCUT2D eigenvalue weighted by Gasteiger charge is 1.92. The minimum Gasteiger partial charge on any atom is -0.240 e. The Morgan fingerprint density at radius 2 is 2.00 bits per heavy atom. The fourth-order valence-corrected chi connectivity index (χ4v) is 0.789. The zero-order valence-electron chi connectivity index (χ0n) is 5.84. The molecule has 0 saturated heterocycles. The van der Waals surface area contributed by atoms with E-state index in [4.69, 9.17) is 11.6 Å². The highest BCUT2D eigenvalue weighted by Crippen LogP contribution is 2.03. The predicted octanol–water partition coefficient (Wildman–Crippen LogP) is 2.08. The molecule has 0 saturated carbocycles. The molecular weight excluding hydrogens is 148 g/mol. The van der Waals surface area contributed by atoms with Gasteiger partial charge in [-0.05, 0) is 6.42 Å². The normalized spacial score (nSPS) is 9.80. The highest BCUT2D eigenvalue weighted by atomic mass is 35.5. The Morgan fingerprint density at radius 1 is 1.40 bits per heavy atom. The summed E-state index contributed by atoms with van der Waals surface area (Å²) in [4.78, 5) is 8.05. The van der Waals surface area contributed by atoms with Gasteiger partial charge >= 0.3 is 0 Å². The fourth-order valence-electron chi connectivity index (χ4n) is 0.692. The van der Waals surface area contributed by atoms with Gasteiger partial charge in [-0.25, -0.2) is 9.97 Å². The van der Waals surface area contributed by atoms with Crippen LogP contribution in [0.15, 0.2) is 12.4 Å². The summed E-state index contributed by atoms with van der Waals surface area (Å²) in [6.07, 6.45) is 5.25. The molecule has 0 unspecified atom stereocenters. The minimum absolute atomic E-state index is 0.597. The van der Waals surface area contributed by atoms with Crippen molar-refractivity contribution in [3.8, 4) is 0 Å². The van der Waals surface area contributed by atoms with E-state index in [1.54, 1.807) is 12.4 Å². The smallest absolute Gasteiger partial charge is 0.128 e. The van der Waals surface area contributed by atoms with Gasteiger partial charge in [-0.15, -0.1) is 0 Å². The Balaban J connectivity index is 2.69. The van der Waals surface area contributed by atoms with E-state index in [0.717, 1.165) is 18.7 Å². The van der Waals surface area contributed by atoms with Gasteiger partial charge < -0.3 is 0 Å². The van der Waals surface area contributed by atoms with Crippen LogP contribution in [0.25, 0.3) is 0 Å². The van der Waals surface area contributed by atoms with Crippen molar-refractivity contribution in [1.29, 1.82) is 0 Å². The lowest BCUT2D eigenvalue weighted by atomic mass is 10.3. The SMILES string of the molecule is CCCc1ncc(Cl)cn1. The van der Waals surface area contributed by atoms with Crippen LogP contribution in [0, 0.1) is 0 Å². The molecule has 1 aromatic heterocycles. The van der Waals surface area contributed by atoms with Crippen molar-refractivity contribution in [3.05, 3.63) is 23.2 Å². The van der Waals surface area contributed by atoms with Crippen LogP contribution < -0.4 is 0 Å². The molecule has 0 amide bonds. The summed E-state index contributed by atoms with van der Waals surface area (Å²) in [5.41, 5.74) is 0. The number of hydrogen-bond acceptors (Lipinski definition) is 2. The van der Waals surface area contributed by atoms with E-state index in [0.29, 0.717) is 5.02 Å². The van der Waals surface area contributed by atoms with Crippen LogP contribution in [0.4, 0.5) is 0 Å². The monoisotopic (exact) mass is 156 g/mol. The number of rotatable bonds is 2. The van der Waals surface area contributed by atoms with Crippen LogP contribution in [-0.2, 0) is 6.42 Å². The van der Waals surface area contributed by atoms with Crippen molar-refractivity contribution in [3.63, 3.8) is 0 Å². The van der Waals surface area contributed by atoms with Gasteiger partial charge in [0.05, 0.1) is 5.02 Å². The number of aromatic nitrogens is 2. The van der Waals surface area contributed by atoms with Crippen LogP contribution in [-0.4, -0.2) is 9.97 Å². The van der Waals surface area contributed by atoms with Crippen molar-refractivity contribution in [2.45, 2.75) is 19.8 Å². The first kappa shape index (κ1) is 7.48. The molecule has 0 bridgehead atoms. The molecule has 2 nitrogen and oxygen atoms in total. The first-order valence-corrected chi connectivity index (χ1v) is 3.67. The molecule has 1 heterocycles. The van der Waals surface area contributed by atoms with Crippen molar-refractivity contribution in [2.24, 2.45) is 0 Å². The molecule has 54 valence electrons. The molecule has 0 radical (unpaired) electrons. The van der Waals surface area contributed by atoms with E-state index < -0.39 is 0 Å². The average Bonchev–Trinajstić information content (AvgIpc) is 1.95. The summed E-state index contributed by atoms with van der Waals surface area (Å²) >= 11 is 5.59. The van der Waals surface area contributed by atoms with Crippen LogP contribution in [0.2, 0.25) is 5.02 Å². The fraction of sp³-hybridized carbons (Fsp3) is 0.429. The second-order valence-electron chi connectivity index (χ2n) is 2.07. The van der Waals surface area contributed by atoms with E-state index in [2.05, 4.69) is 16.9 Å². The maximum atomic E-state index is 5.59. The van der Waals surface area contributed by atoms with Gasteiger partial charge in [0.15, 0.2) is 0 Å². The Bertz CT molecular complexity index is 195. The van der Waals surface area contributed by atoms with Crippen LogP contribution in [0.3, 0.4) is 0 Å². The van der Waals surface area contributed by atoms with E-state index in [1.165, 1.54) is 0 Å². The Hall–Kier alpha value is -0.630. The molecule has 0 aromatic carbocycles. The molecule has 3 heteroatoms. The molecular formula is C7H9ClN2. The number of aryl methyl sites for hydroxylation is 1. The van der Waals surface area contributed by atoms with E-state index in [-0.39, 0.29) is 0 Å². The second kappa shape index (κ2) is 3.52. The Kier molecular flexibility index (Phi) is 2.63. The third kappa shape index (κ3) is 1.95. The second-order valence-corrected chi connectivity index (χ2v) is 2.50.